The van der Waals surface area contributed by atoms with Gasteiger partial charge in [-0.1, -0.05) is 24.6 Å². The molecular weight excluding hydrogens is 238 g/mol. The second-order valence-corrected chi connectivity index (χ2v) is 4.29. The molecule has 0 aliphatic heterocycles. The van der Waals surface area contributed by atoms with Crippen molar-refractivity contribution in [3.05, 3.63) is 28.8 Å². The summed E-state index contributed by atoms with van der Waals surface area (Å²) in [5.74, 6) is 0.725. The van der Waals surface area contributed by atoms with E-state index in [-0.39, 0.29) is 5.91 Å². The fourth-order valence-electron chi connectivity index (χ4n) is 1.39. The second kappa shape index (κ2) is 7.17. The topological polar surface area (TPSA) is 38.3 Å². The largest absolute Gasteiger partial charge is 0.490 e. The van der Waals surface area contributed by atoms with E-state index in [4.69, 9.17) is 16.3 Å². The minimum Gasteiger partial charge on any atom is -0.490 e. The van der Waals surface area contributed by atoms with E-state index in [0.29, 0.717) is 30.3 Å². The van der Waals surface area contributed by atoms with Crippen LogP contribution in [0.25, 0.3) is 0 Å². The quantitative estimate of drug-likeness (QED) is 0.794. The van der Waals surface area contributed by atoms with Crippen LogP contribution >= 0.6 is 11.6 Å². The van der Waals surface area contributed by atoms with Gasteiger partial charge in [-0.3, -0.25) is 4.79 Å². The third-order valence-corrected chi connectivity index (χ3v) is 2.56. The summed E-state index contributed by atoms with van der Waals surface area (Å²) in [4.78, 5) is 11.2. The van der Waals surface area contributed by atoms with Crippen LogP contribution in [0, 0.1) is 6.92 Å². The fourth-order valence-corrected chi connectivity index (χ4v) is 1.56. The summed E-state index contributed by atoms with van der Waals surface area (Å²) in [6.45, 7) is 4.89. The summed E-state index contributed by atoms with van der Waals surface area (Å²) in [5, 5.41) is 3.37. The van der Waals surface area contributed by atoms with E-state index in [2.05, 4.69) is 5.32 Å². The van der Waals surface area contributed by atoms with Crippen LogP contribution in [0.2, 0.25) is 5.02 Å². The van der Waals surface area contributed by atoms with E-state index in [0.717, 1.165) is 12.0 Å². The first-order valence-corrected chi connectivity index (χ1v) is 6.17. The first-order valence-electron chi connectivity index (χ1n) is 5.79. The van der Waals surface area contributed by atoms with Crippen molar-refractivity contribution in [1.82, 2.24) is 5.32 Å². The minimum atomic E-state index is 0.0615. The van der Waals surface area contributed by atoms with Crippen molar-refractivity contribution in [3.63, 3.8) is 0 Å². The van der Waals surface area contributed by atoms with E-state index < -0.39 is 0 Å². The van der Waals surface area contributed by atoms with Crippen LogP contribution in [-0.2, 0) is 4.79 Å². The van der Waals surface area contributed by atoms with Crippen molar-refractivity contribution < 1.29 is 9.53 Å². The zero-order valence-corrected chi connectivity index (χ0v) is 11.0. The van der Waals surface area contributed by atoms with E-state index in [1.807, 2.05) is 32.0 Å². The number of amides is 1. The molecule has 94 valence electrons. The number of carbonyl (C=O) groups excluding carboxylic acids is 1. The van der Waals surface area contributed by atoms with E-state index in [1.54, 1.807) is 0 Å². The molecule has 0 unspecified atom stereocenters. The maximum absolute atomic E-state index is 11.2. The molecule has 0 bridgehead atoms. The number of nitrogens with one attached hydrogen (secondary N) is 1. The predicted octanol–water partition coefficient (Wildman–Crippen LogP) is 2.94. The number of benzene rings is 1. The molecular formula is C13H18ClNO2. The molecule has 0 atom stereocenters. The molecule has 0 aliphatic rings. The smallest absolute Gasteiger partial charge is 0.220 e. The Balaban J connectivity index is 2.31. The highest BCUT2D eigenvalue weighted by molar-refractivity contribution is 6.32. The van der Waals surface area contributed by atoms with Gasteiger partial charge in [0.25, 0.3) is 0 Å². The highest BCUT2D eigenvalue weighted by Crippen LogP contribution is 2.24. The van der Waals surface area contributed by atoms with E-state index in [1.165, 1.54) is 0 Å². The predicted molar refractivity (Wildman–Crippen MR) is 69.6 cm³/mol. The van der Waals surface area contributed by atoms with Crippen LogP contribution in [0.4, 0.5) is 0 Å². The lowest BCUT2D eigenvalue weighted by Crippen LogP contribution is -2.27. The highest BCUT2D eigenvalue weighted by Gasteiger charge is 2.02. The number of carbonyl (C=O) groups is 1. The summed E-state index contributed by atoms with van der Waals surface area (Å²) >= 11 is 5.98. The Labute approximate surface area is 107 Å². The van der Waals surface area contributed by atoms with Crippen molar-refractivity contribution in [1.29, 1.82) is 0 Å². The summed E-state index contributed by atoms with van der Waals surface area (Å²) in [7, 11) is 0. The summed E-state index contributed by atoms with van der Waals surface area (Å²) < 4.78 is 5.50. The lowest BCUT2D eigenvalue weighted by molar-refractivity contribution is -0.121. The zero-order chi connectivity index (χ0) is 12.7. The molecule has 17 heavy (non-hydrogen) atoms. The van der Waals surface area contributed by atoms with Crippen molar-refractivity contribution in [2.75, 3.05) is 13.2 Å². The number of aryl methyl sites for hydroxylation is 1. The summed E-state index contributed by atoms with van der Waals surface area (Å²) in [6.07, 6.45) is 1.42. The summed E-state index contributed by atoms with van der Waals surface area (Å²) in [5.41, 5.74) is 1.10. The van der Waals surface area contributed by atoms with Gasteiger partial charge in [0.15, 0.2) is 0 Å². The number of hydrogen-bond acceptors (Lipinski definition) is 2. The second-order valence-electron chi connectivity index (χ2n) is 3.88. The molecule has 0 spiro atoms. The van der Waals surface area contributed by atoms with Gasteiger partial charge in [-0.05, 0) is 31.0 Å². The van der Waals surface area contributed by atoms with Crippen molar-refractivity contribution >= 4 is 17.5 Å². The molecule has 0 saturated heterocycles. The number of halogens is 1. The Kier molecular flexibility index (Phi) is 5.84. The van der Waals surface area contributed by atoms with E-state index in [9.17, 15) is 4.79 Å². The van der Waals surface area contributed by atoms with Crippen molar-refractivity contribution in [2.45, 2.75) is 26.7 Å². The van der Waals surface area contributed by atoms with Gasteiger partial charge < -0.3 is 10.1 Å². The van der Waals surface area contributed by atoms with Crippen LogP contribution < -0.4 is 10.1 Å². The summed E-state index contributed by atoms with van der Waals surface area (Å²) in [6, 6.07) is 5.62. The first kappa shape index (κ1) is 13.8. The molecule has 1 amide bonds. The molecule has 1 N–H and O–H groups in total. The van der Waals surface area contributed by atoms with Gasteiger partial charge in [-0.25, -0.2) is 0 Å². The molecule has 0 radical (unpaired) electrons. The van der Waals surface area contributed by atoms with Crippen LogP contribution in [0.15, 0.2) is 18.2 Å². The first-order chi connectivity index (χ1) is 8.13. The molecule has 0 aliphatic carbocycles. The molecule has 1 aromatic rings. The molecule has 4 heteroatoms. The Bertz CT molecular complexity index is 380. The van der Waals surface area contributed by atoms with Gasteiger partial charge >= 0.3 is 0 Å². The number of rotatable bonds is 6. The molecule has 0 fully saturated rings. The maximum atomic E-state index is 11.2. The molecule has 0 aromatic heterocycles. The van der Waals surface area contributed by atoms with Crippen LogP contribution in [0.3, 0.4) is 0 Å². The lowest BCUT2D eigenvalue weighted by atomic mass is 10.2. The highest BCUT2D eigenvalue weighted by atomic mass is 35.5. The monoisotopic (exact) mass is 255 g/mol. The van der Waals surface area contributed by atoms with Crippen LogP contribution in [0.5, 0.6) is 5.75 Å². The van der Waals surface area contributed by atoms with Crippen LogP contribution in [0.1, 0.15) is 25.3 Å². The lowest BCUT2D eigenvalue weighted by Gasteiger charge is -2.09. The third-order valence-electron chi connectivity index (χ3n) is 2.25. The number of ether oxygens (including phenoxy) is 1. The minimum absolute atomic E-state index is 0.0615. The molecule has 0 heterocycles. The van der Waals surface area contributed by atoms with E-state index >= 15 is 0 Å². The van der Waals surface area contributed by atoms with Gasteiger partial charge in [0.1, 0.15) is 12.4 Å². The Morgan fingerprint density at radius 3 is 2.94 bits per heavy atom. The van der Waals surface area contributed by atoms with Crippen molar-refractivity contribution in [2.24, 2.45) is 0 Å². The van der Waals surface area contributed by atoms with Gasteiger partial charge in [-0.2, -0.15) is 0 Å². The van der Waals surface area contributed by atoms with Gasteiger partial charge in [-0.15, -0.1) is 0 Å². The Hall–Kier alpha value is -1.22. The number of hydrogen-bond donors (Lipinski definition) is 1. The van der Waals surface area contributed by atoms with Gasteiger partial charge in [0.2, 0.25) is 5.91 Å². The molecule has 0 saturated carbocycles. The maximum Gasteiger partial charge on any atom is 0.220 e. The third kappa shape index (κ3) is 5.09. The zero-order valence-electron chi connectivity index (χ0n) is 10.3. The average molecular weight is 256 g/mol. The van der Waals surface area contributed by atoms with Gasteiger partial charge in [0.05, 0.1) is 11.6 Å². The SMILES string of the molecule is CCCC(=O)NCCOc1cc(C)ccc1Cl. The standard InChI is InChI=1S/C13H18ClNO2/c1-3-4-13(16)15-7-8-17-12-9-10(2)5-6-11(12)14/h5-6,9H,3-4,7-8H2,1-2H3,(H,15,16). The average Bonchev–Trinajstić information content (AvgIpc) is 2.29. The molecule has 1 rings (SSSR count). The van der Waals surface area contributed by atoms with Crippen LogP contribution in [-0.4, -0.2) is 19.1 Å². The molecule has 1 aromatic carbocycles. The Morgan fingerprint density at radius 1 is 1.47 bits per heavy atom. The molecule has 3 nitrogen and oxygen atoms in total. The van der Waals surface area contributed by atoms with Gasteiger partial charge in [0, 0.05) is 6.42 Å². The Morgan fingerprint density at radius 2 is 2.24 bits per heavy atom. The fraction of sp³-hybridized carbons (Fsp3) is 0.462. The van der Waals surface area contributed by atoms with Crippen molar-refractivity contribution in [3.8, 4) is 5.75 Å². The normalized spacial score (nSPS) is 10.1.